The minimum absolute atomic E-state index is 0.000288. The van der Waals surface area contributed by atoms with Gasteiger partial charge in [0.15, 0.2) is 5.82 Å². The van der Waals surface area contributed by atoms with Gasteiger partial charge in [-0.15, -0.1) is 0 Å². The van der Waals surface area contributed by atoms with Crippen molar-refractivity contribution in [1.82, 2.24) is 10.0 Å². The Bertz CT molecular complexity index is 893. The van der Waals surface area contributed by atoms with Crippen LogP contribution < -0.4 is 4.74 Å². The lowest BCUT2D eigenvalue weighted by atomic mass is 10.0. The summed E-state index contributed by atoms with van der Waals surface area (Å²) in [6, 6.07) is 3.12. The molecule has 0 aromatic heterocycles. The molecule has 0 spiro atoms. The maximum atomic E-state index is 13.1. The molecule has 150 valence electrons. The van der Waals surface area contributed by atoms with Crippen molar-refractivity contribution >= 4 is 11.7 Å². The van der Waals surface area contributed by atoms with E-state index >= 15 is 0 Å². The van der Waals surface area contributed by atoms with Gasteiger partial charge in [-0.3, -0.25) is 5.01 Å². The first-order valence-corrected chi connectivity index (χ1v) is 8.05. The maximum absolute atomic E-state index is 13.1. The highest BCUT2D eigenvalue weighted by Crippen LogP contribution is 2.37. The van der Waals surface area contributed by atoms with E-state index in [1.54, 1.807) is 0 Å². The van der Waals surface area contributed by atoms with Gasteiger partial charge < -0.3 is 9.84 Å². The molecule has 28 heavy (non-hydrogen) atoms. The number of aliphatic imine (C=N–C) groups is 1. The second kappa shape index (κ2) is 7.23. The predicted molar refractivity (Wildman–Crippen MR) is 87.5 cm³/mol. The van der Waals surface area contributed by atoms with Gasteiger partial charge in [0.05, 0.1) is 30.0 Å². The van der Waals surface area contributed by atoms with Crippen LogP contribution in [0.1, 0.15) is 18.1 Å². The molecular weight excluding hydrogens is 389 g/mol. The standard InChI is InChI=1S/C17H14F5N3O3/c1-2-28-13-7-9(3-4-11(13)17(20,21)22)12-5-6-24-14(23-12)10(15(26)27)8-25(24)16(18)19/h3-7,16H,2,8H2,1H3,(H,26,27). The monoisotopic (exact) mass is 403 g/mol. The fourth-order valence-corrected chi connectivity index (χ4v) is 2.81. The SMILES string of the molecule is CCOc1cc(C2=NC3=C(C(=O)O)CN(C(F)F)N3C=C2)ccc1C(F)(F)F. The molecule has 2 aliphatic heterocycles. The molecule has 0 saturated heterocycles. The first kappa shape index (κ1) is 19.8. The van der Waals surface area contributed by atoms with Gasteiger partial charge in [0, 0.05) is 11.8 Å². The summed E-state index contributed by atoms with van der Waals surface area (Å²) in [7, 11) is 0. The third-order valence-corrected chi connectivity index (χ3v) is 4.05. The van der Waals surface area contributed by atoms with Crippen LogP contribution in [0.15, 0.2) is 46.9 Å². The molecule has 1 aromatic rings. The van der Waals surface area contributed by atoms with Crippen LogP contribution in [-0.2, 0) is 11.0 Å². The molecule has 0 aliphatic carbocycles. The van der Waals surface area contributed by atoms with Crippen LogP contribution in [0.25, 0.3) is 0 Å². The zero-order valence-corrected chi connectivity index (χ0v) is 14.4. The smallest absolute Gasteiger partial charge is 0.419 e. The number of benzene rings is 1. The molecule has 0 unspecified atom stereocenters. The number of nitrogens with zero attached hydrogens (tertiary/aromatic N) is 3. The zero-order valence-electron chi connectivity index (χ0n) is 14.4. The minimum Gasteiger partial charge on any atom is -0.493 e. The Kier molecular flexibility index (Phi) is 5.11. The molecule has 0 fully saturated rings. The first-order chi connectivity index (χ1) is 13.1. The van der Waals surface area contributed by atoms with E-state index < -0.39 is 36.6 Å². The number of carboxylic acid groups (broad SMARTS) is 1. The van der Waals surface area contributed by atoms with Crippen molar-refractivity contribution in [3.63, 3.8) is 0 Å². The van der Waals surface area contributed by atoms with Gasteiger partial charge in [0.25, 0.3) is 0 Å². The number of carbonyl (C=O) groups is 1. The topological polar surface area (TPSA) is 65.4 Å². The van der Waals surface area contributed by atoms with Gasteiger partial charge in [0.2, 0.25) is 0 Å². The van der Waals surface area contributed by atoms with Crippen LogP contribution in [0.5, 0.6) is 5.75 Å². The highest BCUT2D eigenvalue weighted by atomic mass is 19.4. The number of fused-ring (bicyclic) bond motifs is 1. The van der Waals surface area contributed by atoms with Crippen LogP contribution in [0.3, 0.4) is 0 Å². The molecule has 2 heterocycles. The number of carboxylic acids is 1. The quantitative estimate of drug-likeness (QED) is 0.603. The Labute approximate surface area is 155 Å². The van der Waals surface area contributed by atoms with Crippen molar-refractivity contribution in [2.45, 2.75) is 19.6 Å². The highest BCUT2D eigenvalue weighted by molar-refractivity contribution is 6.10. The summed E-state index contributed by atoms with van der Waals surface area (Å²) in [6.07, 6.45) is -2.12. The molecule has 0 amide bonds. The second-order valence-electron chi connectivity index (χ2n) is 5.78. The van der Waals surface area contributed by atoms with Crippen molar-refractivity contribution in [1.29, 1.82) is 0 Å². The van der Waals surface area contributed by atoms with Crippen molar-refractivity contribution < 1.29 is 36.6 Å². The Morgan fingerprint density at radius 3 is 2.64 bits per heavy atom. The average Bonchev–Trinajstić information content (AvgIpc) is 3.00. The van der Waals surface area contributed by atoms with Gasteiger partial charge >= 0.3 is 18.7 Å². The van der Waals surface area contributed by atoms with Crippen LogP contribution in [0.2, 0.25) is 0 Å². The van der Waals surface area contributed by atoms with Crippen molar-refractivity contribution in [2.75, 3.05) is 13.2 Å². The summed E-state index contributed by atoms with van der Waals surface area (Å²) in [5, 5.41) is 10.7. The van der Waals surface area contributed by atoms with Gasteiger partial charge in [-0.1, -0.05) is 6.07 Å². The van der Waals surface area contributed by atoms with Crippen LogP contribution in [-0.4, -0.2) is 46.5 Å². The van der Waals surface area contributed by atoms with Gasteiger partial charge in [0.1, 0.15) is 5.75 Å². The van der Waals surface area contributed by atoms with E-state index in [9.17, 15) is 31.9 Å². The number of aliphatic carboxylic acids is 1. The largest absolute Gasteiger partial charge is 0.493 e. The molecule has 6 nitrogen and oxygen atoms in total. The Morgan fingerprint density at radius 1 is 1.36 bits per heavy atom. The van der Waals surface area contributed by atoms with Crippen LogP contribution in [0.4, 0.5) is 22.0 Å². The number of hydrogen-bond donors (Lipinski definition) is 1. The lowest BCUT2D eigenvalue weighted by Crippen LogP contribution is -2.38. The van der Waals surface area contributed by atoms with Gasteiger partial charge in [-0.2, -0.15) is 27.0 Å². The summed E-state index contributed by atoms with van der Waals surface area (Å²) >= 11 is 0. The molecule has 3 rings (SSSR count). The molecule has 1 aromatic carbocycles. The molecule has 11 heteroatoms. The third-order valence-electron chi connectivity index (χ3n) is 4.05. The molecule has 0 bridgehead atoms. The third kappa shape index (κ3) is 3.57. The molecule has 0 radical (unpaired) electrons. The number of halogens is 5. The van der Waals surface area contributed by atoms with Crippen molar-refractivity contribution in [3.8, 4) is 5.75 Å². The fourth-order valence-electron chi connectivity index (χ4n) is 2.81. The summed E-state index contributed by atoms with van der Waals surface area (Å²) in [5.74, 6) is -2.04. The highest BCUT2D eigenvalue weighted by Gasteiger charge is 2.39. The normalized spacial score (nSPS) is 17.2. The Morgan fingerprint density at radius 2 is 2.07 bits per heavy atom. The summed E-state index contributed by atoms with van der Waals surface area (Å²) < 4.78 is 70.6. The predicted octanol–water partition coefficient (Wildman–Crippen LogP) is 3.47. The lowest BCUT2D eigenvalue weighted by Gasteiger charge is -2.28. The molecule has 1 N–H and O–H groups in total. The summed E-state index contributed by atoms with van der Waals surface area (Å²) in [6.45, 7) is -1.98. The molecule has 0 saturated carbocycles. The number of hydrogen-bond acceptors (Lipinski definition) is 5. The number of ether oxygens (including phenoxy) is 1. The lowest BCUT2D eigenvalue weighted by molar-refractivity contribution is -0.139. The number of alkyl halides is 5. The zero-order chi connectivity index (χ0) is 20.6. The van der Waals surface area contributed by atoms with E-state index in [2.05, 4.69) is 4.99 Å². The van der Waals surface area contributed by atoms with E-state index in [4.69, 9.17) is 4.74 Å². The van der Waals surface area contributed by atoms with E-state index in [1.165, 1.54) is 19.2 Å². The number of hydrazine groups is 1. The van der Waals surface area contributed by atoms with E-state index in [0.717, 1.165) is 23.2 Å². The Balaban J connectivity index is 2.04. The van der Waals surface area contributed by atoms with Crippen molar-refractivity contribution in [2.24, 2.45) is 4.99 Å². The minimum atomic E-state index is -4.62. The van der Waals surface area contributed by atoms with E-state index in [0.29, 0.717) is 5.01 Å². The number of rotatable bonds is 5. The van der Waals surface area contributed by atoms with Crippen LogP contribution >= 0.6 is 0 Å². The van der Waals surface area contributed by atoms with Crippen LogP contribution in [0, 0.1) is 0 Å². The number of allylic oxidation sites excluding steroid dienone is 1. The first-order valence-electron chi connectivity index (χ1n) is 8.05. The second-order valence-corrected chi connectivity index (χ2v) is 5.78. The maximum Gasteiger partial charge on any atom is 0.419 e. The molecular formula is C17H14F5N3O3. The Hall–Kier alpha value is -2.95. The summed E-state index contributed by atoms with van der Waals surface area (Å²) in [5.41, 5.74) is -0.967. The van der Waals surface area contributed by atoms with Gasteiger partial charge in [-0.05, 0) is 25.1 Å². The average molecular weight is 403 g/mol. The van der Waals surface area contributed by atoms with Gasteiger partial charge in [-0.25, -0.2) is 9.79 Å². The summed E-state index contributed by atoms with van der Waals surface area (Å²) in [4.78, 5) is 15.5. The van der Waals surface area contributed by atoms with E-state index in [-0.39, 0.29) is 29.3 Å². The molecule has 2 aliphatic rings. The van der Waals surface area contributed by atoms with E-state index in [1.807, 2.05) is 0 Å². The molecule has 0 atom stereocenters. The van der Waals surface area contributed by atoms with Crippen molar-refractivity contribution in [3.05, 3.63) is 53.0 Å². The fraction of sp³-hybridized carbons (Fsp3) is 0.294.